The molecule has 0 aromatic heterocycles. The zero-order valence-corrected chi connectivity index (χ0v) is 7.32. The van der Waals surface area contributed by atoms with E-state index in [9.17, 15) is 18.0 Å². The maximum atomic E-state index is 11.6. The van der Waals surface area contributed by atoms with Crippen LogP contribution in [0, 0.1) is 11.3 Å². The normalized spacial score (nSPS) is 10.7. The van der Waals surface area contributed by atoms with Gasteiger partial charge in [0.1, 0.15) is 0 Å². The standard InChI is InChI=1S/C7H10F3N3O/c8-7(9,10)5-12-4-6(14)13-3-1-2-11/h12H,1,3-5H2,(H,13,14). The fraction of sp³-hybridized carbons (Fsp3) is 0.714. The Bertz CT molecular complexity index is 221. The molecule has 0 bridgehead atoms. The van der Waals surface area contributed by atoms with E-state index in [4.69, 9.17) is 5.26 Å². The minimum Gasteiger partial charge on any atom is -0.354 e. The first kappa shape index (κ1) is 12.7. The van der Waals surface area contributed by atoms with Gasteiger partial charge < -0.3 is 10.6 Å². The average molecular weight is 209 g/mol. The van der Waals surface area contributed by atoms with Gasteiger partial charge in [-0.25, -0.2) is 0 Å². The molecule has 0 unspecified atom stereocenters. The molecule has 1 amide bonds. The molecule has 0 aromatic carbocycles. The van der Waals surface area contributed by atoms with E-state index in [0.717, 1.165) is 0 Å². The number of carbonyl (C=O) groups excluding carboxylic acids is 1. The molecule has 0 aliphatic carbocycles. The van der Waals surface area contributed by atoms with Crippen molar-refractivity contribution >= 4 is 5.91 Å². The second-order valence-corrected chi connectivity index (χ2v) is 2.48. The van der Waals surface area contributed by atoms with E-state index in [-0.39, 0.29) is 13.0 Å². The summed E-state index contributed by atoms with van der Waals surface area (Å²) >= 11 is 0. The average Bonchev–Trinajstić information content (AvgIpc) is 2.02. The van der Waals surface area contributed by atoms with Crippen molar-refractivity contribution in [1.82, 2.24) is 10.6 Å². The van der Waals surface area contributed by atoms with Crippen LogP contribution >= 0.6 is 0 Å². The van der Waals surface area contributed by atoms with Gasteiger partial charge in [-0.3, -0.25) is 4.79 Å². The number of amides is 1. The number of hydrogen-bond donors (Lipinski definition) is 2. The van der Waals surface area contributed by atoms with Crippen LogP contribution in [-0.4, -0.2) is 31.7 Å². The van der Waals surface area contributed by atoms with Crippen molar-refractivity contribution in [2.24, 2.45) is 0 Å². The van der Waals surface area contributed by atoms with Crippen molar-refractivity contribution in [2.75, 3.05) is 19.6 Å². The third kappa shape index (κ3) is 8.80. The van der Waals surface area contributed by atoms with Gasteiger partial charge in [0, 0.05) is 6.54 Å². The predicted molar refractivity (Wildman–Crippen MR) is 42.2 cm³/mol. The molecule has 0 saturated heterocycles. The number of nitrogens with one attached hydrogen (secondary N) is 2. The zero-order valence-electron chi connectivity index (χ0n) is 7.32. The van der Waals surface area contributed by atoms with Gasteiger partial charge in [0.2, 0.25) is 5.91 Å². The molecule has 0 saturated carbocycles. The van der Waals surface area contributed by atoms with E-state index >= 15 is 0 Å². The number of rotatable bonds is 5. The monoisotopic (exact) mass is 209 g/mol. The third-order valence-corrected chi connectivity index (χ3v) is 1.17. The minimum absolute atomic E-state index is 0.144. The summed E-state index contributed by atoms with van der Waals surface area (Å²) in [5, 5.41) is 12.3. The molecule has 0 rings (SSSR count). The molecule has 0 fully saturated rings. The Morgan fingerprint density at radius 3 is 2.57 bits per heavy atom. The van der Waals surface area contributed by atoms with E-state index < -0.39 is 25.2 Å². The molecule has 80 valence electrons. The highest BCUT2D eigenvalue weighted by molar-refractivity contribution is 5.77. The molecule has 7 heteroatoms. The molecule has 0 atom stereocenters. The topological polar surface area (TPSA) is 64.9 Å². The summed E-state index contributed by atoms with van der Waals surface area (Å²) in [6.45, 7) is -1.44. The Morgan fingerprint density at radius 1 is 1.43 bits per heavy atom. The van der Waals surface area contributed by atoms with Crippen LogP contribution in [0.3, 0.4) is 0 Å². The van der Waals surface area contributed by atoms with Gasteiger partial charge in [-0.15, -0.1) is 0 Å². The first-order chi connectivity index (χ1) is 6.45. The molecular formula is C7H10F3N3O. The third-order valence-electron chi connectivity index (χ3n) is 1.17. The Hall–Kier alpha value is -1.29. The van der Waals surface area contributed by atoms with Gasteiger partial charge in [-0.1, -0.05) is 0 Å². The molecule has 4 nitrogen and oxygen atoms in total. The van der Waals surface area contributed by atoms with Gasteiger partial charge in [-0.2, -0.15) is 18.4 Å². The van der Waals surface area contributed by atoms with Crippen LogP contribution in [-0.2, 0) is 4.79 Å². The molecule has 0 aliphatic heterocycles. The lowest BCUT2D eigenvalue weighted by Gasteiger charge is -2.07. The van der Waals surface area contributed by atoms with E-state index in [0.29, 0.717) is 0 Å². The van der Waals surface area contributed by atoms with Crippen molar-refractivity contribution in [2.45, 2.75) is 12.6 Å². The van der Waals surface area contributed by atoms with E-state index in [1.807, 2.05) is 5.32 Å². The highest BCUT2D eigenvalue weighted by Crippen LogP contribution is 2.11. The van der Waals surface area contributed by atoms with Gasteiger partial charge in [0.15, 0.2) is 0 Å². The van der Waals surface area contributed by atoms with E-state index in [1.54, 1.807) is 6.07 Å². The molecule has 0 spiro atoms. The van der Waals surface area contributed by atoms with Crippen molar-refractivity contribution in [3.05, 3.63) is 0 Å². The van der Waals surface area contributed by atoms with Crippen LogP contribution in [0.1, 0.15) is 6.42 Å². The molecule has 0 aromatic rings. The second kappa shape index (κ2) is 6.21. The van der Waals surface area contributed by atoms with Crippen LogP contribution in [0.4, 0.5) is 13.2 Å². The van der Waals surface area contributed by atoms with Gasteiger partial charge in [0.05, 0.1) is 25.6 Å². The fourth-order valence-corrected chi connectivity index (χ4v) is 0.638. The maximum Gasteiger partial charge on any atom is 0.401 e. The first-order valence-corrected chi connectivity index (χ1v) is 3.87. The fourth-order valence-electron chi connectivity index (χ4n) is 0.638. The molecular weight excluding hydrogens is 199 g/mol. The lowest BCUT2D eigenvalue weighted by atomic mass is 10.4. The van der Waals surface area contributed by atoms with Crippen LogP contribution in [0.25, 0.3) is 0 Å². The van der Waals surface area contributed by atoms with Crippen LogP contribution in [0.2, 0.25) is 0 Å². The Morgan fingerprint density at radius 2 is 2.07 bits per heavy atom. The lowest BCUT2D eigenvalue weighted by Crippen LogP contribution is -2.38. The second-order valence-electron chi connectivity index (χ2n) is 2.48. The van der Waals surface area contributed by atoms with Crippen molar-refractivity contribution in [1.29, 1.82) is 5.26 Å². The lowest BCUT2D eigenvalue weighted by molar-refractivity contribution is -0.128. The number of alkyl halides is 3. The molecule has 0 radical (unpaired) electrons. The van der Waals surface area contributed by atoms with Crippen molar-refractivity contribution < 1.29 is 18.0 Å². The number of carbonyl (C=O) groups is 1. The highest BCUT2D eigenvalue weighted by Gasteiger charge is 2.26. The predicted octanol–water partition coefficient (Wildman–Crippen LogP) is 0.168. The SMILES string of the molecule is N#CCCNC(=O)CNCC(F)(F)F. The van der Waals surface area contributed by atoms with Gasteiger partial charge >= 0.3 is 6.18 Å². The minimum atomic E-state index is -4.31. The maximum absolute atomic E-state index is 11.6. The highest BCUT2D eigenvalue weighted by atomic mass is 19.4. The number of hydrogen-bond acceptors (Lipinski definition) is 3. The van der Waals surface area contributed by atoms with Crippen LogP contribution in [0.15, 0.2) is 0 Å². The van der Waals surface area contributed by atoms with Crippen LogP contribution < -0.4 is 10.6 Å². The molecule has 0 aliphatic rings. The molecule has 2 N–H and O–H groups in total. The summed E-state index contributed by atoms with van der Waals surface area (Å²) in [4.78, 5) is 10.8. The summed E-state index contributed by atoms with van der Waals surface area (Å²) in [5.74, 6) is -0.551. The van der Waals surface area contributed by atoms with Gasteiger partial charge in [0.25, 0.3) is 0 Å². The number of halogens is 3. The summed E-state index contributed by atoms with van der Waals surface area (Å²) in [6, 6.07) is 1.79. The molecule has 14 heavy (non-hydrogen) atoms. The summed E-state index contributed by atoms with van der Waals surface area (Å²) in [6.07, 6.45) is -4.17. The van der Waals surface area contributed by atoms with Crippen molar-refractivity contribution in [3.63, 3.8) is 0 Å². The quantitative estimate of drug-likeness (QED) is 0.634. The summed E-state index contributed by atoms with van der Waals surface area (Å²) in [5.41, 5.74) is 0. The van der Waals surface area contributed by atoms with Gasteiger partial charge in [-0.05, 0) is 0 Å². The first-order valence-electron chi connectivity index (χ1n) is 3.87. The van der Waals surface area contributed by atoms with E-state index in [1.165, 1.54) is 0 Å². The van der Waals surface area contributed by atoms with Crippen LogP contribution in [0.5, 0.6) is 0 Å². The number of nitriles is 1. The summed E-state index contributed by atoms with van der Waals surface area (Å²) < 4.78 is 34.7. The zero-order chi connectivity index (χ0) is 11.0. The van der Waals surface area contributed by atoms with E-state index in [2.05, 4.69) is 5.32 Å². The smallest absolute Gasteiger partial charge is 0.354 e. The Balaban J connectivity index is 3.42. The Kier molecular flexibility index (Phi) is 5.64. The molecule has 0 heterocycles. The number of nitrogens with zero attached hydrogens (tertiary/aromatic N) is 1. The Labute approximate surface area is 79.1 Å². The van der Waals surface area contributed by atoms with Crippen molar-refractivity contribution in [3.8, 4) is 6.07 Å². The summed E-state index contributed by atoms with van der Waals surface area (Å²) in [7, 11) is 0. The largest absolute Gasteiger partial charge is 0.401 e.